The first-order valence-corrected chi connectivity index (χ1v) is 24.0. The standard InChI is InChI=1S/C29H27N5O.C28H26N6O/c1-30-29(35)26-14-13-25(23-7-3-4-8-24(23)26)27-18-32-34-19-21(17-31-28(27)34)20-9-11-22(12-10-20)33-15-5-2-6-16-33;1-29-28(35)25-11-10-24(22-4-2-3-5-23(22)25)26-17-32-34-18-20(16-31-27(26)34)19-6-8-21(9-7-19)33-14-12-30-13-15-33/h3-4,7-14,17-19H,2,5-6,15-16H2,1H3,(H,30,35);2-11,16-18,30H,12-15H2,1H3,(H,29,35). The number of rotatable bonds is 8. The highest BCUT2D eigenvalue weighted by Gasteiger charge is 2.19. The number of carbonyl (C=O) groups is 2. The van der Waals surface area contributed by atoms with Gasteiger partial charge in [0.05, 0.1) is 12.4 Å². The molecule has 0 unspecified atom stereocenters. The van der Waals surface area contributed by atoms with Gasteiger partial charge in [0.25, 0.3) is 11.8 Å². The Hall–Kier alpha value is -8.42. The zero-order chi connectivity index (χ0) is 47.6. The van der Waals surface area contributed by atoms with Crippen molar-refractivity contribution in [2.24, 2.45) is 0 Å². The second-order valence-electron chi connectivity index (χ2n) is 17.8. The van der Waals surface area contributed by atoms with Gasteiger partial charge in [0.15, 0.2) is 11.3 Å². The average Bonchev–Trinajstić information content (AvgIpc) is 4.07. The summed E-state index contributed by atoms with van der Waals surface area (Å²) in [5.41, 5.74) is 13.6. The predicted molar refractivity (Wildman–Crippen MR) is 281 cm³/mol. The lowest BCUT2D eigenvalue weighted by Gasteiger charge is -2.29. The molecule has 2 fully saturated rings. The minimum atomic E-state index is -0.0987. The Labute approximate surface area is 405 Å². The zero-order valence-electron chi connectivity index (χ0n) is 39.3. The largest absolute Gasteiger partial charge is 0.372 e. The molecule has 2 aliphatic rings. The van der Waals surface area contributed by atoms with Crippen LogP contribution in [0.1, 0.15) is 40.0 Å². The Balaban J connectivity index is 0.000000152. The lowest BCUT2D eigenvalue weighted by atomic mass is 9.96. The van der Waals surface area contributed by atoms with Gasteiger partial charge in [0.2, 0.25) is 0 Å². The average molecular weight is 924 g/mol. The molecule has 0 atom stereocenters. The van der Waals surface area contributed by atoms with E-state index < -0.39 is 0 Å². The van der Waals surface area contributed by atoms with Gasteiger partial charge in [-0.1, -0.05) is 84.9 Å². The summed E-state index contributed by atoms with van der Waals surface area (Å²) in [6, 6.07) is 41.0. The Morgan fingerprint density at radius 3 is 1.33 bits per heavy atom. The molecule has 348 valence electrons. The third kappa shape index (κ3) is 8.45. The molecule has 3 N–H and O–H groups in total. The number of carbonyl (C=O) groups excluding carboxylic acids is 2. The maximum atomic E-state index is 12.4. The maximum Gasteiger partial charge on any atom is 0.251 e. The smallest absolute Gasteiger partial charge is 0.251 e. The van der Waals surface area contributed by atoms with Crippen molar-refractivity contribution in [3.05, 3.63) is 170 Å². The summed E-state index contributed by atoms with van der Waals surface area (Å²) in [5, 5.41) is 21.9. The molecule has 0 aliphatic carbocycles. The van der Waals surface area contributed by atoms with Crippen LogP contribution in [-0.2, 0) is 0 Å². The van der Waals surface area contributed by atoms with Crippen LogP contribution in [0.25, 0.3) is 77.3 Å². The third-order valence-corrected chi connectivity index (χ3v) is 13.7. The molecule has 0 radical (unpaired) electrons. The van der Waals surface area contributed by atoms with Crippen molar-refractivity contribution in [3.63, 3.8) is 0 Å². The number of anilines is 2. The van der Waals surface area contributed by atoms with E-state index in [0.29, 0.717) is 11.1 Å². The summed E-state index contributed by atoms with van der Waals surface area (Å²) in [5.74, 6) is -0.194. The van der Waals surface area contributed by atoms with Crippen LogP contribution >= 0.6 is 0 Å². The van der Waals surface area contributed by atoms with Crippen LogP contribution in [0.3, 0.4) is 0 Å². The van der Waals surface area contributed by atoms with E-state index in [-0.39, 0.29) is 11.8 Å². The molecule has 2 saturated heterocycles. The van der Waals surface area contributed by atoms with Crippen LogP contribution in [0, 0.1) is 0 Å². The number of aromatic nitrogens is 6. The third-order valence-electron chi connectivity index (χ3n) is 13.7. The topological polar surface area (TPSA) is 137 Å². The minimum Gasteiger partial charge on any atom is -0.372 e. The number of fused-ring (bicyclic) bond motifs is 4. The summed E-state index contributed by atoms with van der Waals surface area (Å²) in [6.07, 6.45) is 15.4. The molecule has 10 aromatic rings. The molecular weight excluding hydrogens is 871 g/mol. The van der Waals surface area contributed by atoms with Gasteiger partial charge in [-0.3, -0.25) is 9.59 Å². The Bertz CT molecular complexity index is 3300. The highest BCUT2D eigenvalue weighted by Crippen LogP contribution is 2.36. The Morgan fingerprint density at radius 1 is 0.457 bits per heavy atom. The van der Waals surface area contributed by atoms with Crippen LogP contribution in [-0.4, -0.2) is 94.4 Å². The van der Waals surface area contributed by atoms with Crippen LogP contribution in [0.4, 0.5) is 11.4 Å². The van der Waals surface area contributed by atoms with E-state index in [9.17, 15) is 9.59 Å². The van der Waals surface area contributed by atoms with E-state index in [0.717, 1.165) is 117 Å². The van der Waals surface area contributed by atoms with Crippen molar-refractivity contribution in [2.75, 3.05) is 63.2 Å². The number of benzene rings is 6. The molecule has 4 aromatic heterocycles. The van der Waals surface area contributed by atoms with Crippen molar-refractivity contribution in [1.82, 2.24) is 45.1 Å². The summed E-state index contributed by atoms with van der Waals surface area (Å²) in [7, 11) is 3.30. The van der Waals surface area contributed by atoms with Gasteiger partial charge in [0, 0.05) is 123 Å². The minimum absolute atomic E-state index is 0.0957. The van der Waals surface area contributed by atoms with Crippen LogP contribution < -0.4 is 25.8 Å². The first-order valence-electron chi connectivity index (χ1n) is 24.0. The molecule has 13 heteroatoms. The van der Waals surface area contributed by atoms with Gasteiger partial charge in [-0.2, -0.15) is 10.2 Å². The number of nitrogens with one attached hydrogen (secondary N) is 3. The van der Waals surface area contributed by atoms with Crippen molar-refractivity contribution in [3.8, 4) is 44.5 Å². The molecule has 6 aromatic carbocycles. The van der Waals surface area contributed by atoms with E-state index in [1.165, 1.54) is 30.6 Å². The molecule has 12 rings (SSSR count). The number of piperidine rings is 1. The molecule has 6 heterocycles. The predicted octanol–water partition coefficient (Wildman–Crippen LogP) is 9.55. The number of nitrogens with zero attached hydrogens (tertiary/aromatic N) is 8. The van der Waals surface area contributed by atoms with E-state index in [1.54, 1.807) is 14.1 Å². The fourth-order valence-corrected chi connectivity index (χ4v) is 9.97. The SMILES string of the molecule is CNC(=O)c1ccc(-c2cnn3cc(-c4ccc(N5CCCCC5)cc4)cnc23)c2ccccc12.CNC(=O)c1ccc(-c2cnn3cc(-c4ccc(N5CCNCC5)cc4)cnc23)c2ccccc12. The molecule has 0 saturated carbocycles. The van der Waals surface area contributed by atoms with Gasteiger partial charge < -0.3 is 25.8 Å². The fraction of sp³-hybridized carbons (Fsp3) is 0.193. The highest BCUT2D eigenvalue weighted by molar-refractivity contribution is 6.12. The molecule has 0 bridgehead atoms. The first-order chi connectivity index (χ1) is 34.4. The molecule has 0 spiro atoms. The lowest BCUT2D eigenvalue weighted by molar-refractivity contribution is 0.0956. The van der Waals surface area contributed by atoms with Crippen LogP contribution in [0.2, 0.25) is 0 Å². The quantitative estimate of drug-likeness (QED) is 0.136. The summed E-state index contributed by atoms with van der Waals surface area (Å²) in [4.78, 5) is 39.2. The van der Waals surface area contributed by atoms with Gasteiger partial charge in [-0.15, -0.1) is 0 Å². The van der Waals surface area contributed by atoms with Crippen molar-refractivity contribution < 1.29 is 9.59 Å². The van der Waals surface area contributed by atoms with Crippen molar-refractivity contribution >= 4 is 56.0 Å². The summed E-state index contributed by atoms with van der Waals surface area (Å²) < 4.78 is 3.67. The maximum absolute atomic E-state index is 12.4. The van der Waals surface area contributed by atoms with E-state index in [1.807, 2.05) is 119 Å². The summed E-state index contributed by atoms with van der Waals surface area (Å²) >= 11 is 0. The molecule has 2 amide bonds. The number of hydrogen-bond donors (Lipinski definition) is 3. The van der Waals surface area contributed by atoms with Gasteiger partial charge in [-0.25, -0.2) is 19.0 Å². The molecule has 13 nitrogen and oxygen atoms in total. The van der Waals surface area contributed by atoms with Gasteiger partial charge in [0.1, 0.15) is 0 Å². The second kappa shape index (κ2) is 19.3. The lowest BCUT2D eigenvalue weighted by Crippen LogP contribution is -2.43. The number of hydrogen-bond acceptors (Lipinski definition) is 9. The molecule has 70 heavy (non-hydrogen) atoms. The van der Waals surface area contributed by atoms with Crippen molar-refractivity contribution in [2.45, 2.75) is 19.3 Å². The molecular formula is C57H53N11O2. The van der Waals surface area contributed by atoms with Crippen LogP contribution in [0.15, 0.2) is 159 Å². The number of amides is 2. The summed E-state index contributed by atoms with van der Waals surface area (Å²) in [6.45, 7) is 6.38. The van der Waals surface area contributed by atoms with E-state index in [2.05, 4.69) is 84.5 Å². The van der Waals surface area contributed by atoms with Crippen molar-refractivity contribution in [1.29, 1.82) is 0 Å². The number of piperazine rings is 1. The van der Waals surface area contributed by atoms with Gasteiger partial charge in [-0.05, 0) is 99.5 Å². The Kier molecular flexibility index (Phi) is 12.2. The van der Waals surface area contributed by atoms with Gasteiger partial charge >= 0.3 is 0 Å². The van der Waals surface area contributed by atoms with E-state index in [4.69, 9.17) is 9.97 Å². The highest BCUT2D eigenvalue weighted by atomic mass is 16.2. The van der Waals surface area contributed by atoms with E-state index >= 15 is 0 Å². The first kappa shape index (κ1) is 44.1. The second-order valence-corrected chi connectivity index (χ2v) is 17.8. The zero-order valence-corrected chi connectivity index (χ0v) is 39.3. The molecule has 2 aliphatic heterocycles. The monoisotopic (exact) mass is 923 g/mol. The fourth-order valence-electron chi connectivity index (χ4n) is 9.97. The normalized spacial score (nSPS) is 13.9. The van der Waals surface area contributed by atoms with Crippen LogP contribution in [0.5, 0.6) is 0 Å². The Morgan fingerprint density at radius 2 is 0.886 bits per heavy atom.